The van der Waals surface area contributed by atoms with Crippen LogP contribution >= 0.6 is 0 Å². The largest absolute Gasteiger partial charge is 0.397 e. The number of nitrogen functional groups attached to an aromatic ring is 1. The molecule has 5 N–H and O–H groups in total. The molecule has 0 fully saturated rings. The van der Waals surface area contributed by atoms with E-state index >= 15 is 0 Å². The molecule has 1 aromatic carbocycles. The first-order valence-corrected chi connectivity index (χ1v) is 7.05. The molecule has 0 spiro atoms. The molecule has 0 aliphatic rings. The van der Waals surface area contributed by atoms with Crippen molar-refractivity contribution in [3.8, 4) is 0 Å². The zero-order chi connectivity index (χ0) is 13.1. The molecular weight excluding hydrogens is 238 g/mol. The topological polar surface area (TPSA) is 98.2 Å². The molecule has 96 valence electrons. The predicted molar refractivity (Wildman–Crippen MR) is 70.2 cm³/mol. The van der Waals surface area contributed by atoms with Crippen LogP contribution in [-0.4, -0.2) is 15.0 Å². The van der Waals surface area contributed by atoms with Crippen LogP contribution < -0.4 is 16.2 Å². The normalized spacial score (nSPS) is 13.4. The van der Waals surface area contributed by atoms with Crippen LogP contribution in [0.5, 0.6) is 0 Å². The van der Waals surface area contributed by atoms with Gasteiger partial charge in [-0.25, -0.2) is 13.6 Å². The predicted octanol–water partition coefficient (Wildman–Crippen LogP) is 1.37. The van der Waals surface area contributed by atoms with E-state index in [-0.39, 0.29) is 4.90 Å². The van der Waals surface area contributed by atoms with Crippen LogP contribution in [0.2, 0.25) is 0 Å². The summed E-state index contributed by atoms with van der Waals surface area (Å²) in [5.41, 5.74) is 6.89. The molecule has 0 aromatic heterocycles. The van der Waals surface area contributed by atoms with E-state index in [1.165, 1.54) is 12.1 Å². The second-order valence-corrected chi connectivity index (χ2v) is 5.75. The average Bonchev–Trinajstić information content (AvgIpc) is 2.25. The van der Waals surface area contributed by atoms with Gasteiger partial charge in [-0.3, -0.25) is 0 Å². The summed E-state index contributed by atoms with van der Waals surface area (Å²) < 4.78 is 22.2. The van der Waals surface area contributed by atoms with Crippen LogP contribution in [0, 0.1) is 5.92 Å². The van der Waals surface area contributed by atoms with E-state index in [1.54, 1.807) is 6.07 Å². The minimum absolute atomic E-state index is 0.0316. The maximum atomic E-state index is 11.1. The fourth-order valence-electron chi connectivity index (χ4n) is 1.31. The average molecular weight is 257 g/mol. The Morgan fingerprint density at radius 3 is 2.53 bits per heavy atom. The monoisotopic (exact) mass is 257 g/mol. The van der Waals surface area contributed by atoms with Gasteiger partial charge in [-0.1, -0.05) is 20.3 Å². The number of hydrogen-bond donors (Lipinski definition) is 3. The first kappa shape index (κ1) is 13.8. The number of nitrogens with two attached hydrogens (primary N) is 2. The van der Waals surface area contributed by atoms with Gasteiger partial charge in [-0.15, -0.1) is 0 Å². The van der Waals surface area contributed by atoms with Gasteiger partial charge >= 0.3 is 0 Å². The van der Waals surface area contributed by atoms with Crippen molar-refractivity contribution in [2.75, 3.05) is 17.6 Å². The highest BCUT2D eigenvalue weighted by atomic mass is 32.2. The lowest BCUT2D eigenvalue weighted by molar-refractivity contribution is 0.593. The maximum Gasteiger partial charge on any atom is 0.238 e. The van der Waals surface area contributed by atoms with E-state index in [9.17, 15) is 8.42 Å². The van der Waals surface area contributed by atoms with Gasteiger partial charge in [0.05, 0.1) is 16.3 Å². The lowest BCUT2D eigenvalue weighted by atomic mass is 10.1. The van der Waals surface area contributed by atoms with Crippen molar-refractivity contribution in [1.82, 2.24) is 0 Å². The molecule has 17 heavy (non-hydrogen) atoms. The number of hydrogen-bond acceptors (Lipinski definition) is 4. The second kappa shape index (κ2) is 5.37. The van der Waals surface area contributed by atoms with Crippen LogP contribution in [0.15, 0.2) is 23.1 Å². The number of rotatable bonds is 5. The van der Waals surface area contributed by atoms with E-state index in [0.29, 0.717) is 11.6 Å². The van der Waals surface area contributed by atoms with Gasteiger partial charge in [0.1, 0.15) is 0 Å². The summed E-state index contributed by atoms with van der Waals surface area (Å²) >= 11 is 0. The van der Waals surface area contributed by atoms with Crippen LogP contribution in [-0.2, 0) is 10.0 Å². The van der Waals surface area contributed by atoms with Crippen LogP contribution in [0.4, 0.5) is 11.4 Å². The summed E-state index contributed by atoms with van der Waals surface area (Å²) in [6, 6.07) is 4.45. The second-order valence-electron chi connectivity index (χ2n) is 4.19. The summed E-state index contributed by atoms with van der Waals surface area (Å²) in [6.07, 6.45) is 1.07. The van der Waals surface area contributed by atoms with Crippen molar-refractivity contribution in [3.63, 3.8) is 0 Å². The number of anilines is 2. The molecule has 0 bridgehead atoms. The van der Waals surface area contributed by atoms with E-state index in [2.05, 4.69) is 19.2 Å². The van der Waals surface area contributed by atoms with Crippen LogP contribution in [0.3, 0.4) is 0 Å². The van der Waals surface area contributed by atoms with Crippen molar-refractivity contribution in [3.05, 3.63) is 18.2 Å². The Hall–Kier alpha value is -1.27. The minimum Gasteiger partial charge on any atom is -0.397 e. The highest BCUT2D eigenvalue weighted by Gasteiger charge is 2.10. The van der Waals surface area contributed by atoms with Gasteiger partial charge in [0.2, 0.25) is 10.0 Å². The summed E-state index contributed by atoms with van der Waals surface area (Å²) in [7, 11) is -3.69. The molecule has 1 unspecified atom stereocenters. The van der Waals surface area contributed by atoms with E-state index in [1.807, 2.05) is 0 Å². The van der Waals surface area contributed by atoms with Gasteiger partial charge in [-0.05, 0) is 24.1 Å². The molecule has 0 aliphatic heterocycles. The Labute approximate surface area is 102 Å². The Balaban J connectivity index is 2.84. The van der Waals surface area contributed by atoms with Crippen LogP contribution in [0.1, 0.15) is 20.3 Å². The smallest absolute Gasteiger partial charge is 0.238 e. The fraction of sp³-hybridized carbons (Fsp3) is 0.455. The Bertz CT molecular complexity index is 485. The quantitative estimate of drug-likeness (QED) is 0.694. The molecule has 6 heteroatoms. The summed E-state index contributed by atoms with van der Waals surface area (Å²) in [5.74, 6) is 0.535. The Morgan fingerprint density at radius 2 is 2.06 bits per heavy atom. The summed E-state index contributed by atoms with van der Waals surface area (Å²) in [6.45, 7) is 5.04. The van der Waals surface area contributed by atoms with Gasteiger partial charge in [-0.2, -0.15) is 0 Å². The van der Waals surface area contributed by atoms with E-state index in [4.69, 9.17) is 10.9 Å². The SMILES string of the molecule is CCC(C)CNc1ccc(S(N)(=O)=O)cc1N. The molecule has 5 nitrogen and oxygen atoms in total. The Morgan fingerprint density at radius 1 is 1.41 bits per heavy atom. The highest BCUT2D eigenvalue weighted by molar-refractivity contribution is 7.89. The molecule has 0 saturated carbocycles. The number of benzene rings is 1. The van der Waals surface area contributed by atoms with Crippen molar-refractivity contribution in [2.45, 2.75) is 25.2 Å². The van der Waals surface area contributed by atoms with Crippen molar-refractivity contribution in [2.24, 2.45) is 11.1 Å². The van der Waals surface area contributed by atoms with Gasteiger partial charge in [0.15, 0.2) is 0 Å². The zero-order valence-corrected chi connectivity index (χ0v) is 10.9. The molecule has 0 amide bonds. The highest BCUT2D eigenvalue weighted by Crippen LogP contribution is 2.22. The molecule has 1 rings (SSSR count). The minimum atomic E-state index is -3.69. The molecular formula is C11H19N3O2S. The number of primary sulfonamides is 1. The van der Waals surface area contributed by atoms with Crippen molar-refractivity contribution in [1.29, 1.82) is 0 Å². The lowest BCUT2D eigenvalue weighted by Gasteiger charge is -2.13. The Kier molecular flexibility index (Phi) is 4.36. The lowest BCUT2D eigenvalue weighted by Crippen LogP contribution is -2.14. The number of sulfonamides is 1. The standard InChI is InChI=1S/C11H19N3O2S/c1-3-8(2)7-14-11-5-4-9(6-10(11)12)17(13,15)16/h4-6,8,14H,3,7,12H2,1-2H3,(H2,13,15,16). The zero-order valence-electron chi connectivity index (χ0n) is 10.1. The van der Waals surface area contributed by atoms with Gasteiger partial charge < -0.3 is 11.1 Å². The summed E-state index contributed by atoms with van der Waals surface area (Å²) in [5, 5.41) is 8.20. The molecule has 1 aromatic rings. The first-order valence-electron chi connectivity index (χ1n) is 5.50. The third-order valence-corrected chi connectivity index (χ3v) is 3.60. The first-order chi connectivity index (χ1) is 7.84. The fourth-order valence-corrected chi connectivity index (χ4v) is 1.86. The molecule has 0 heterocycles. The molecule has 1 atom stereocenters. The summed E-state index contributed by atoms with van der Waals surface area (Å²) in [4.78, 5) is 0.0316. The van der Waals surface area contributed by atoms with Crippen molar-refractivity contribution >= 4 is 21.4 Å². The third kappa shape index (κ3) is 3.90. The maximum absolute atomic E-state index is 11.1. The van der Waals surface area contributed by atoms with Crippen molar-refractivity contribution < 1.29 is 8.42 Å². The van der Waals surface area contributed by atoms with Crippen LogP contribution in [0.25, 0.3) is 0 Å². The molecule has 0 radical (unpaired) electrons. The van der Waals surface area contributed by atoms with E-state index in [0.717, 1.165) is 18.7 Å². The molecule has 0 saturated heterocycles. The number of nitrogens with one attached hydrogen (secondary N) is 1. The molecule has 0 aliphatic carbocycles. The van der Waals surface area contributed by atoms with Gasteiger partial charge in [0.25, 0.3) is 0 Å². The third-order valence-electron chi connectivity index (χ3n) is 2.69. The van der Waals surface area contributed by atoms with E-state index < -0.39 is 10.0 Å². The van der Waals surface area contributed by atoms with Gasteiger partial charge in [0, 0.05) is 6.54 Å².